The van der Waals surface area contributed by atoms with E-state index in [1.54, 1.807) is 0 Å². The van der Waals surface area contributed by atoms with Crippen LogP contribution in [0, 0.1) is 6.92 Å². The summed E-state index contributed by atoms with van der Waals surface area (Å²) in [5.41, 5.74) is 4.03. The molecule has 19 heavy (non-hydrogen) atoms. The van der Waals surface area contributed by atoms with E-state index in [4.69, 9.17) is 0 Å². The molecule has 2 aromatic rings. The summed E-state index contributed by atoms with van der Waals surface area (Å²) in [4.78, 5) is 0. The lowest BCUT2D eigenvalue weighted by molar-refractivity contribution is 0.456. The first kappa shape index (κ1) is 13.8. The van der Waals surface area contributed by atoms with Crippen molar-refractivity contribution in [2.75, 3.05) is 0 Å². The van der Waals surface area contributed by atoms with Crippen molar-refractivity contribution in [1.29, 1.82) is 0 Å². The fourth-order valence-corrected chi connectivity index (χ4v) is 2.39. The van der Waals surface area contributed by atoms with Gasteiger partial charge in [-0.25, -0.2) is 0 Å². The lowest BCUT2D eigenvalue weighted by atomic mass is 10.0. The first-order valence-electron chi connectivity index (χ1n) is 7.08. The van der Waals surface area contributed by atoms with E-state index in [2.05, 4.69) is 80.7 Å². The van der Waals surface area contributed by atoms with Crippen LogP contribution in [0.5, 0.6) is 0 Å². The van der Waals surface area contributed by atoms with Gasteiger partial charge in [-0.05, 0) is 31.4 Å². The molecule has 100 valence electrons. The monoisotopic (exact) mass is 253 g/mol. The first-order chi connectivity index (χ1) is 9.20. The topological polar surface area (TPSA) is 12.0 Å². The van der Waals surface area contributed by atoms with Gasteiger partial charge in [0.2, 0.25) is 0 Å². The molecule has 0 spiro atoms. The van der Waals surface area contributed by atoms with Gasteiger partial charge < -0.3 is 5.32 Å². The Morgan fingerprint density at radius 3 is 2.11 bits per heavy atom. The third kappa shape index (κ3) is 3.68. The highest BCUT2D eigenvalue weighted by molar-refractivity contribution is 5.25. The van der Waals surface area contributed by atoms with E-state index in [-0.39, 0.29) is 0 Å². The fraction of sp³-hybridized carbons (Fsp3) is 0.333. The average molecular weight is 253 g/mol. The van der Waals surface area contributed by atoms with Gasteiger partial charge in [0.1, 0.15) is 0 Å². The normalized spacial score (nSPS) is 14.1. The van der Waals surface area contributed by atoms with E-state index in [1.165, 1.54) is 16.7 Å². The minimum atomic E-state index is 0.368. The Labute approximate surface area is 116 Å². The number of hydrogen-bond donors (Lipinski definition) is 1. The third-order valence-corrected chi connectivity index (χ3v) is 3.64. The van der Waals surface area contributed by atoms with Gasteiger partial charge in [-0.15, -0.1) is 0 Å². The predicted octanol–water partition coefficient (Wildman–Crippen LogP) is 4.80. The second-order valence-electron chi connectivity index (χ2n) is 5.17. The molecule has 0 bridgehead atoms. The van der Waals surface area contributed by atoms with E-state index >= 15 is 0 Å². The summed E-state index contributed by atoms with van der Waals surface area (Å²) >= 11 is 0. The van der Waals surface area contributed by atoms with Crippen LogP contribution in [-0.4, -0.2) is 0 Å². The SMILES string of the molecule is CCC(N[C@@H](C)c1ccccc1)c1ccc(C)cc1. The molecule has 1 nitrogen and oxygen atoms in total. The molecule has 2 aromatic carbocycles. The molecule has 0 aliphatic heterocycles. The van der Waals surface area contributed by atoms with Gasteiger partial charge >= 0.3 is 0 Å². The van der Waals surface area contributed by atoms with Crippen LogP contribution < -0.4 is 5.32 Å². The van der Waals surface area contributed by atoms with Crippen LogP contribution in [0.1, 0.15) is 49.0 Å². The summed E-state index contributed by atoms with van der Waals surface area (Å²) in [7, 11) is 0. The van der Waals surface area contributed by atoms with E-state index in [1.807, 2.05) is 0 Å². The van der Waals surface area contributed by atoms with E-state index in [0.29, 0.717) is 12.1 Å². The summed E-state index contributed by atoms with van der Waals surface area (Å²) < 4.78 is 0. The third-order valence-electron chi connectivity index (χ3n) is 3.64. The highest BCUT2D eigenvalue weighted by atomic mass is 14.9. The molecule has 0 fully saturated rings. The van der Waals surface area contributed by atoms with Crippen LogP contribution in [0.3, 0.4) is 0 Å². The Kier molecular flexibility index (Phi) is 4.75. The maximum Gasteiger partial charge on any atom is 0.0323 e. The molecule has 0 saturated heterocycles. The minimum absolute atomic E-state index is 0.368. The largest absolute Gasteiger partial charge is 0.303 e. The van der Waals surface area contributed by atoms with Crippen molar-refractivity contribution in [3.8, 4) is 0 Å². The Morgan fingerprint density at radius 2 is 1.53 bits per heavy atom. The zero-order chi connectivity index (χ0) is 13.7. The van der Waals surface area contributed by atoms with Crippen molar-refractivity contribution in [1.82, 2.24) is 5.32 Å². The van der Waals surface area contributed by atoms with Crippen molar-refractivity contribution in [3.63, 3.8) is 0 Å². The molecule has 1 N–H and O–H groups in total. The van der Waals surface area contributed by atoms with E-state index in [9.17, 15) is 0 Å². The van der Waals surface area contributed by atoms with Crippen LogP contribution in [-0.2, 0) is 0 Å². The smallest absolute Gasteiger partial charge is 0.0323 e. The molecule has 0 heterocycles. The number of aryl methyl sites for hydroxylation is 1. The van der Waals surface area contributed by atoms with E-state index < -0.39 is 0 Å². The van der Waals surface area contributed by atoms with Gasteiger partial charge in [-0.3, -0.25) is 0 Å². The summed E-state index contributed by atoms with van der Waals surface area (Å²) in [6.07, 6.45) is 1.10. The molecular formula is C18H23N. The molecule has 0 radical (unpaired) electrons. The van der Waals surface area contributed by atoms with Crippen LogP contribution in [0.25, 0.3) is 0 Å². The van der Waals surface area contributed by atoms with Gasteiger partial charge in [-0.1, -0.05) is 67.1 Å². The van der Waals surface area contributed by atoms with Gasteiger partial charge in [0.25, 0.3) is 0 Å². The van der Waals surface area contributed by atoms with Gasteiger partial charge in [0.15, 0.2) is 0 Å². The quantitative estimate of drug-likeness (QED) is 0.807. The maximum atomic E-state index is 3.72. The lowest BCUT2D eigenvalue weighted by Crippen LogP contribution is -2.24. The fourth-order valence-electron chi connectivity index (χ4n) is 2.39. The predicted molar refractivity (Wildman–Crippen MR) is 82.2 cm³/mol. The minimum Gasteiger partial charge on any atom is -0.303 e. The van der Waals surface area contributed by atoms with Crippen LogP contribution in [0.15, 0.2) is 54.6 Å². The summed E-state index contributed by atoms with van der Waals surface area (Å²) in [6.45, 7) is 6.59. The van der Waals surface area contributed by atoms with Gasteiger partial charge in [0.05, 0.1) is 0 Å². The summed E-state index contributed by atoms with van der Waals surface area (Å²) in [5, 5.41) is 3.72. The molecular weight excluding hydrogens is 230 g/mol. The zero-order valence-electron chi connectivity index (χ0n) is 12.1. The lowest BCUT2D eigenvalue weighted by Gasteiger charge is -2.23. The van der Waals surface area contributed by atoms with Gasteiger partial charge in [0, 0.05) is 12.1 Å². The van der Waals surface area contributed by atoms with Crippen LogP contribution in [0.2, 0.25) is 0 Å². The molecule has 0 amide bonds. The number of hydrogen-bond acceptors (Lipinski definition) is 1. The molecule has 0 saturated carbocycles. The maximum absolute atomic E-state index is 3.72. The molecule has 1 unspecified atom stereocenters. The summed E-state index contributed by atoms with van der Waals surface area (Å²) in [5.74, 6) is 0. The molecule has 1 heteroatoms. The van der Waals surface area contributed by atoms with Crippen molar-refractivity contribution in [3.05, 3.63) is 71.3 Å². The molecule has 0 aliphatic rings. The number of benzene rings is 2. The zero-order valence-corrected chi connectivity index (χ0v) is 12.1. The van der Waals surface area contributed by atoms with Crippen LogP contribution >= 0.6 is 0 Å². The molecule has 0 aromatic heterocycles. The van der Waals surface area contributed by atoms with Gasteiger partial charge in [-0.2, -0.15) is 0 Å². The Balaban J connectivity index is 2.09. The Bertz CT molecular complexity index is 487. The van der Waals surface area contributed by atoms with Crippen molar-refractivity contribution in [2.45, 2.75) is 39.3 Å². The first-order valence-corrected chi connectivity index (χ1v) is 7.08. The Morgan fingerprint density at radius 1 is 0.895 bits per heavy atom. The summed E-state index contributed by atoms with van der Waals surface area (Å²) in [6, 6.07) is 20.2. The van der Waals surface area contributed by atoms with Crippen LogP contribution in [0.4, 0.5) is 0 Å². The van der Waals surface area contributed by atoms with Crippen molar-refractivity contribution >= 4 is 0 Å². The molecule has 2 atom stereocenters. The highest BCUT2D eigenvalue weighted by Crippen LogP contribution is 2.22. The highest BCUT2D eigenvalue weighted by Gasteiger charge is 2.13. The second kappa shape index (κ2) is 6.53. The average Bonchev–Trinajstić information content (AvgIpc) is 2.46. The number of rotatable bonds is 5. The van der Waals surface area contributed by atoms with Crippen molar-refractivity contribution < 1.29 is 0 Å². The van der Waals surface area contributed by atoms with E-state index in [0.717, 1.165) is 6.42 Å². The molecule has 2 rings (SSSR count). The second-order valence-corrected chi connectivity index (χ2v) is 5.17. The Hall–Kier alpha value is -1.60. The van der Waals surface area contributed by atoms with Crippen molar-refractivity contribution in [2.24, 2.45) is 0 Å². The molecule has 0 aliphatic carbocycles. The number of nitrogens with one attached hydrogen (secondary N) is 1. The standard InChI is InChI=1S/C18H23N/c1-4-18(17-12-10-14(2)11-13-17)19-15(3)16-8-6-5-7-9-16/h5-13,15,18-19H,4H2,1-3H3/t15-,18?/m0/s1.